The van der Waals surface area contributed by atoms with Crippen LogP contribution in [0.25, 0.3) is 0 Å². The van der Waals surface area contributed by atoms with Gasteiger partial charge in [0, 0.05) is 22.5 Å². The molecule has 1 saturated heterocycles. The third-order valence-electron chi connectivity index (χ3n) is 3.01. The van der Waals surface area contributed by atoms with Crippen molar-refractivity contribution in [1.29, 1.82) is 0 Å². The number of esters is 1. The minimum atomic E-state index is -0.343. The Kier molecular flexibility index (Phi) is 7.64. The zero-order valence-electron chi connectivity index (χ0n) is 13.3. The molecule has 1 aromatic rings. The molecule has 0 bridgehead atoms. The fraction of sp³-hybridized carbons (Fsp3) is 0.643. The van der Waals surface area contributed by atoms with Crippen LogP contribution in [-0.2, 0) is 9.53 Å². The first-order valence-electron chi connectivity index (χ1n) is 7.17. The summed E-state index contributed by atoms with van der Waals surface area (Å²) in [6.07, 6.45) is 0. The average molecular weight is 377 g/mol. The average Bonchev–Trinajstić information content (AvgIpc) is 2.60. The lowest BCUT2D eigenvalue weighted by atomic mass is 10.3. The van der Waals surface area contributed by atoms with E-state index < -0.39 is 0 Å². The highest BCUT2D eigenvalue weighted by Gasteiger charge is 2.33. The SMILES string of the molecule is CCOC(=O)C(Sc1nc(OC)cc(OC)n1)C1CSCCS1. The highest BCUT2D eigenvalue weighted by molar-refractivity contribution is 8.08. The van der Waals surface area contributed by atoms with Gasteiger partial charge in [-0.2, -0.15) is 33.5 Å². The maximum absolute atomic E-state index is 12.4. The zero-order valence-corrected chi connectivity index (χ0v) is 15.8. The van der Waals surface area contributed by atoms with Gasteiger partial charge in [0.1, 0.15) is 5.25 Å². The van der Waals surface area contributed by atoms with E-state index in [2.05, 4.69) is 9.97 Å². The Balaban J connectivity index is 2.20. The van der Waals surface area contributed by atoms with Gasteiger partial charge in [0.25, 0.3) is 0 Å². The van der Waals surface area contributed by atoms with Crippen molar-refractivity contribution in [1.82, 2.24) is 9.97 Å². The molecule has 128 valence electrons. The number of carbonyl (C=O) groups is 1. The number of nitrogens with zero attached hydrogens (tertiary/aromatic N) is 2. The van der Waals surface area contributed by atoms with Crippen molar-refractivity contribution in [3.63, 3.8) is 0 Å². The van der Waals surface area contributed by atoms with E-state index in [9.17, 15) is 4.79 Å². The van der Waals surface area contributed by atoms with Crippen molar-refractivity contribution in [2.75, 3.05) is 38.1 Å². The number of aromatic nitrogens is 2. The van der Waals surface area contributed by atoms with Gasteiger partial charge in [0.15, 0.2) is 5.16 Å². The largest absolute Gasteiger partial charge is 0.481 e. The summed E-state index contributed by atoms with van der Waals surface area (Å²) in [7, 11) is 3.07. The first kappa shape index (κ1) is 18.5. The molecule has 1 aromatic heterocycles. The quantitative estimate of drug-likeness (QED) is 0.405. The summed E-state index contributed by atoms with van der Waals surface area (Å²) in [5.41, 5.74) is 0. The van der Waals surface area contributed by atoms with Crippen molar-refractivity contribution in [3.05, 3.63) is 6.07 Å². The molecular weight excluding hydrogens is 356 g/mol. The van der Waals surface area contributed by atoms with Crippen LogP contribution in [0.2, 0.25) is 0 Å². The number of ether oxygens (including phenoxy) is 3. The second-order valence-corrected chi connectivity index (χ2v) is 8.12. The van der Waals surface area contributed by atoms with Crippen molar-refractivity contribution in [2.45, 2.75) is 22.6 Å². The Hall–Kier alpha value is -0.800. The molecule has 23 heavy (non-hydrogen) atoms. The Morgan fingerprint density at radius 1 is 1.35 bits per heavy atom. The van der Waals surface area contributed by atoms with Crippen LogP contribution in [0, 0.1) is 0 Å². The Morgan fingerprint density at radius 3 is 2.57 bits per heavy atom. The van der Waals surface area contributed by atoms with E-state index in [1.165, 1.54) is 26.0 Å². The molecule has 0 radical (unpaired) electrons. The molecule has 2 heterocycles. The number of thioether (sulfide) groups is 3. The predicted molar refractivity (Wildman–Crippen MR) is 95.0 cm³/mol. The van der Waals surface area contributed by atoms with Crippen LogP contribution in [0.3, 0.4) is 0 Å². The Labute approximate surface area is 148 Å². The van der Waals surface area contributed by atoms with E-state index >= 15 is 0 Å². The molecule has 2 rings (SSSR count). The van der Waals surface area contributed by atoms with Crippen LogP contribution in [0.4, 0.5) is 0 Å². The van der Waals surface area contributed by atoms with Gasteiger partial charge in [0.2, 0.25) is 11.8 Å². The minimum Gasteiger partial charge on any atom is -0.481 e. The van der Waals surface area contributed by atoms with Crippen molar-refractivity contribution in [2.24, 2.45) is 0 Å². The molecule has 0 spiro atoms. The van der Waals surface area contributed by atoms with Gasteiger partial charge in [-0.1, -0.05) is 11.8 Å². The van der Waals surface area contributed by atoms with Crippen molar-refractivity contribution in [3.8, 4) is 11.8 Å². The summed E-state index contributed by atoms with van der Waals surface area (Å²) in [6.45, 7) is 2.18. The lowest BCUT2D eigenvalue weighted by Gasteiger charge is -2.27. The Morgan fingerprint density at radius 2 is 2.04 bits per heavy atom. The number of methoxy groups -OCH3 is 2. The lowest BCUT2D eigenvalue weighted by Crippen LogP contribution is -2.34. The fourth-order valence-corrected chi connectivity index (χ4v) is 6.10. The molecule has 0 saturated carbocycles. The van der Waals surface area contributed by atoms with Crippen LogP contribution < -0.4 is 9.47 Å². The van der Waals surface area contributed by atoms with Gasteiger partial charge in [-0.25, -0.2) is 0 Å². The second kappa shape index (κ2) is 9.48. The lowest BCUT2D eigenvalue weighted by molar-refractivity contribution is -0.142. The number of rotatable bonds is 7. The summed E-state index contributed by atoms with van der Waals surface area (Å²) >= 11 is 4.98. The molecule has 2 unspecified atom stereocenters. The van der Waals surface area contributed by atoms with E-state index in [0.29, 0.717) is 23.5 Å². The molecule has 1 aliphatic heterocycles. The fourth-order valence-electron chi connectivity index (χ4n) is 1.94. The smallest absolute Gasteiger partial charge is 0.320 e. The molecule has 0 aliphatic carbocycles. The van der Waals surface area contributed by atoms with E-state index in [0.717, 1.165) is 17.3 Å². The first-order chi connectivity index (χ1) is 11.2. The van der Waals surface area contributed by atoms with Gasteiger partial charge >= 0.3 is 5.97 Å². The molecular formula is C14H20N2O4S3. The molecule has 0 N–H and O–H groups in total. The van der Waals surface area contributed by atoms with Crippen LogP contribution in [0.1, 0.15) is 6.92 Å². The van der Waals surface area contributed by atoms with E-state index in [-0.39, 0.29) is 16.5 Å². The highest BCUT2D eigenvalue weighted by Crippen LogP contribution is 2.36. The van der Waals surface area contributed by atoms with Crippen LogP contribution in [0.15, 0.2) is 11.2 Å². The molecule has 2 atom stereocenters. The Bertz CT molecular complexity index is 504. The van der Waals surface area contributed by atoms with Crippen LogP contribution in [-0.4, -0.2) is 64.5 Å². The monoisotopic (exact) mass is 376 g/mol. The third-order valence-corrected chi connectivity index (χ3v) is 7.21. The standard InChI is InChI=1S/C14H20N2O4S3/c1-4-20-13(17)12(9-8-21-5-6-22-9)23-14-15-10(18-2)7-11(16-14)19-3/h7,9,12H,4-6,8H2,1-3H3. The molecule has 9 heteroatoms. The van der Waals surface area contributed by atoms with E-state index in [1.54, 1.807) is 17.8 Å². The summed E-state index contributed by atoms with van der Waals surface area (Å²) in [5, 5.41) is 0.290. The maximum atomic E-state index is 12.4. The predicted octanol–water partition coefficient (Wildman–Crippen LogP) is 2.37. The van der Waals surface area contributed by atoms with Crippen LogP contribution in [0.5, 0.6) is 11.8 Å². The first-order valence-corrected chi connectivity index (χ1v) is 10.3. The van der Waals surface area contributed by atoms with Crippen LogP contribution >= 0.6 is 35.3 Å². The van der Waals surface area contributed by atoms with E-state index in [1.807, 2.05) is 18.7 Å². The summed E-state index contributed by atoms with van der Waals surface area (Å²) in [6, 6.07) is 1.61. The minimum absolute atomic E-state index is 0.179. The van der Waals surface area contributed by atoms with Crippen molar-refractivity contribution >= 4 is 41.3 Å². The second-order valence-electron chi connectivity index (χ2n) is 4.51. The molecule has 1 aliphatic rings. The van der Waals surface area contributed by atoms with Gasteiger partial charge < -0.3 is 14.2 Å². The van der Waals surface area contributed by atoms with Gasteiger partial charge in [-0.15, -0.1) is 0 Å². The number of hydrogen-bond acceptors (Lipinski definition) is 9. The molecule has 0 aromatic carbocycles. The van der Waals surface area contributed by atoms with Gasteiger partial charge in [0.05, 0.1) is 26.9 Å². The summed E-state index contributed by atoms with van der Waals surface area (Å²) < 4.78 is 15.6. The molecule has 6 nitrogen and oxygen atoms in total. The van der Waals surface area contributed by atoms with Gasteiger partial charge in [-0.05, 0) is 6.92 Å². The molecule has 0 amide bonds. The maximum Gasteiger partial charge on any atom is 0.320 e. The zero-order chi connectivity index (χ0) is 16.7. The summed E-state index contributed by atoms with van der Waals surface area (Å²) in [4.78, 5) is 21.0. The highest BCUT2D eigenvalue weighted by atomic mass is 32.2. The number of carbonyl (C=O) groups excluding carboxylic acids is 1. The van der Waals surface area contributed by atoms with E-state index in [4.69, 9.17) is 14.2 Å². The third kappa shape index (κ3) is 5.36. The number of hydrogen-bond donors (Lipinski definition) is 0. The topological polar surface area (TPSA) is 70.5 Å². The molecule has 1 fully saturated rings. The van der Waals surface area contributed by atoms with Gasteiger partial charge in [-0.3, -0.25) is 4.79 Å². The normalized spacial score (nSPS) is 19.0. The summed E-state index contributed by atoms with van der Waals surface area (Å²) in [5.74, 6) is 3.67. The van der Waals surface area contributed by atoms with Crippen molar-refractivity contribution < 1.29 is 19.0 Å².